The molecule has 0 bridgehead atoms. The van der Waals surface area contributed by atoms with Gasteiger partial charge >= 0.3 is 0 Å². The molecule has 0 aromatic heterocycles. The second-order valence-electron chi connectivity index (χ2n) is 17.2. The maximum absolute atomic E-state index is 13.7. The van der Waals surface area contributed by atoms with E-state index in [1.165, 1.54) is 72.8 Å². The van der Waals surface area contributed by atoms with Gasteiger partial charge in [-0.05, 0) is 218 Å². The highest BCUT2D eigenvalue weighted by Gasteiger charge is 2.21. The van der Waals surface area contributed by atoms with Crippen molar-refractivity contribution in [3.05, 3.63) is 254 Å². The van der Waals surface area contributed by atoms with E-state index in [9.17, 15) is 25.3 Å². The Morgan fingerprint density at radius 3 is 0.570 bits per heavy atom. The third-order valence-electron chi connectivity index (χ3n) is 11.9. The van der Waals surface area contributed by atoms with E-state index in [-0.39, 0.29) is 29.4 Å². The number of hydrogen-bond acceptors (Lipinski definition) is 12. The van der Waals surface area contributed by atoms with Crippen LogP contribution in [0.5, 0.6) is 69.0 Å². The fourth-order valence-corrected chi connectivity index (χ4v) is 11.6. The van der Waals surface area contributed by atoms with Crippen molar-refractivity contribution >= 4 is 29.5 Å². The summed E-state index contributed by atoms with van der Waals surface area (Å²) < 4.78 is 117. The molecule has 0 N–H and O–H groups in total. The topological polar surface area (TPSA) is 158 Å². The third-order valence-corrected chi connectivity index (χ3v) is 17.2. The van der Waals surface area contributed by atoms with Crippen LogP contribution in [0.2, 0.25) is 0 Å². The lowest BCUT2D eigenvalue weighted by Crippen LogP contribution is -2.02. The van der Waals surface area contributed by atoms with Gasteiger partial charge in [0.15, 0.2) is 0 Å². The van der Waals surface area contributed by atoms with E-state index in [0.717, 1.165) is 11.1 Å². The number of benzene rings is 10. The monoisotopic (exact) mass is 1100 g/mol. The summed E-state index contributed by atoms with van der Waals surface area (Å²) in [5.74, 6) is 10.3. The van der Waals surface area contributed by atoms with Crippen LogP contribution in [-0.4, -0.2) is 25.3 Å². The van der Waals surface area contributed by atoms with Crippen LogP contribution in [0.15, 0.2) is 272 Å². The van der Waals surface area contributed by atoms with Gasteiger partial charge in [-0.25, -0.2) is 25.3 Å². The van der Waals surface area contributed by atoms with Crippen LogP contribution in [0, 0.1) is 24.7 Å². The SMILES string of the molecule is C#Cc1ccc(Oc2ccc(S(=O)(=O)c3ccc(Oc4cccc(Oc5ccc(S(=O)(=O)c6ccc(Oc7cccc(Oc8ccc(S(=O)(=O)c9ccc(Oc%10ccc(C#C)cc%10)cc9)cc8)c7)cc6)cc5)c4)cc3)cc2)cc1. The minimum absolute atomic E-state index is 0.0461. The molecule has 10 aromatic rings. The molecule has 0 atom stereocenters. The summed E-state index contributed by atoms with van der Waals surface area (Å²) in [5.41, 5.74) is 1.43. The fourth-order valence-electron chi connectivity index (χ4n) is 7.79. The Kier molecular flexibility index (Phi) is 15.0. The van der Waals surface area contributed by atoms with Crippen LogP contribution in [0.1, 0.15) is 11.1 Å². The van der Waals surface area contributed by atoms with Gasteiger partial charge in [0.25, 0.3) is 0 Å². The summed E-state index contributed by atoms with van der Waals surface area (Å²) in [6.07, 6.45) is 10.8. The standard InChI is InChI=1S/C64H42O12S3/c1-3-45-11-15-47(16-12-45)71-49-19-31-59(32-20-49)77(65,66)61-35-23-51(24-36-61)73-55-7-5-9-57(43-55)75-53-27-39-63(40-28-53)79(69,70)64-41-29-54(30-42-64)76-58-10-6-8-56(44-58)74-52-25-37-62(38-26-52)78(67,68)60-33-21-50(22-34-60)72-48-17-13-46(4-2)14-18-48/h1-2,5-44H. The Morgan fingerprint density at radius 2 is 0.392 bits per heavy atom. The highest BCUT2D eigenvalue weighted by atomic mass is 32.2. The first-order chi connectivity index (χ1) is 38.2. The number of rotatable bonds is 18. The smallest absolute Gasteiger partial charge is 0.206 e. The zero-order valence-electron chi connectivity index (χ0n) is 41.4. The maximum Gasteiger partial charge on any atom is 0.206 e. The zero-order valence-corrected chi connectivity index (χ0v) is 43.8. The largest absolute Gasteiger partial charge is 0.457 e. The van der Waals surface area contributed by atoms with E-state index in [1.54, 1.807) is 170 Å². The first-order valence-electron chi connectivity index (χ1n) is 24.0. The molecule has 0 heterocycles. The lowest BCUT2D eigenvalue weighted by atomic mass is 10.2. The van der Waals surface area contributed by atoms with Crippen LogP contribution >= 0.6 is 0 Å². The van der Waals surface area contributed by atoms with Crippen LogP contribution in [0.25, 0.3) is 0 Å². The summed E-state index contributed by atoms with van der Waals surface area (Å²) in [4.78, 5) is 0.442. The van der Waals surface area contributed by atoms with Crippen molar-refractivity contribution in [1.29, 1.82) is 0 Å². The van der Waals surface area contributed by atoms with Crippen molar-refractivity contribution in [2.75, 3.05) is 0 Å². The predicted octanol–water partition coefficient (Wildman–Crippen LogP) is 14.9. The van der Waals surface area contributed by atoms with Gasteiger partial charge in [0.2, 0.25) is 29.5 Å². The lowest BCUT2D eigenvalue weighted by Gasteiger charge is -2.11. The first-order valence-corrected chi connectivity index (χ1v) is 28.4. The fraction of sp³-hybridized carbons (Fsp3) is 0. The molecule has 388 valence electrons. The minimum Gasteiger partial charge on any atom is -0.457 e. The summed E-state index contributed by atoms with van der Waals surface area (Å²) in [5, 5.41) is 0. The van der Waals surface area contributed by atoms with Crippen LogP contribution in [0.3, 0.4) is 0 Å². The van der Waals surface area contributed by atoms with Gasteiger partial charge in [-0.1, -0.05) is 24.0 Å². The van der Waals surface area contributed by atoms with Gasteiger partial charge in [-0.2, -0.15) is 0 Å². The number of sulfone groups is 3. The molecule has 0 aliphatic carbocycles. The Labute approximate surface area is 457 Å². The second kappa shape index (κ2) is 22.7. The molecule has 0 saturated carbocycles. The molecule has 10 aromatic carbocycles. The van der Waals surface area contributed by atoms with Crippen LogP contribution in [0.4, 0.5) is 0 Å². The van der Waals surface area contributed by atoms with Crippen molar-refractivity contribution in [1.82, 2.24) is 0 Å². The van der Waals surface area contributed by atoms with Gasteiger partial charge in [0.1, 0.15) is 69.0 Å². The molecule has 15 heteroatoms. The summed E-state index contributed by atoms with van der Waals surface area (Å²) in [6, 6.07) is 63.8. The Morgan fingerprint density at radius 1 is 0.228 bits per heavy atom. The average Bonchev–Trinajstić information content (AvgIpc) is 3.54. The van der Waals surface area contributed by atoms with Crippen molar-refractivity contribution < 1.29 is 53.7 Å². The van der Waals surface area contributed by atoms with Crippen molar-refractivity contribution in [3.63, 3.8) is 0 Å². The molecular formula is C64H42O12S3. The molecule has 0 saturated heterocycles. The minimum atomic E-state index is -3.93. The molecule has 0 aliphatic rings. The maximum atomic E-state index is 13.7. The molecular weight excluding hydrogens is 1060 g/mol. The highest BCUT2D eigenvalue weighted by molar-refractivity contribution is 7.92. The number of hydrogen-bond donors (Lipinski definition) is 0. The van der Waals surface area contributed by atoms with Gasteiger partial charge in [-0.15, -0.1) is 12.8 Å². The summed E-state index contributed by atoms with van der Waals surface area (Å²) >= 11 is 0. The van der Waals surface area contributed by atoms with Crippen molar-refractivity contribution in [3.8, 4) is 93.7 Å². The summed E-state index contributed by atoms with van der Waals surface area (Å²) in [7, 11) is -11.6. The number of ether oxygens (including phenoxy) is 6. The van der Waals surface area contributed by atoms with Gasteiger partial charge < -0.3 is 28.4 Å². The van der Waals surface area contributed by atoms with E-state index in [2.05, 4.69) is 11.8 Å². The van der Waals surface area contributed by atoms with Crippen LogP contribution < -0.4 is 28.4 Å². The molecule has 0 radical (unpaired) electrons. The predicted molar refractivity (Wildman–Crippen MR) is 297 cm³/mol. The average molecular weight is 1100 g/mol. The van der Waals surface area contributed by atoms with Gasteiger partial charge in [0.05, 0.1) is 29.4 Å². The Hall–Kier alpha value is -10.0. The quantitative estimate of drug-likeness (QED) is 0.0750. The van der Waals surface area contributed by atoms with Gasteiger partial charge in [0, 0.05) is 23.3 Å². The van der Waals surface area contributed by atoms with Crippen molar-refractivity contribution in [2.45, 2.75) is 29.4 Å². The normalized spacial score (nSPS) is 11.3. The molecule has 0 fully saturated rings. The molecule has 0 spiro atoms. The second-order valence-corrected chi connectivity index (χ2v) is 23.1. The molecule has 0 unspecified atom stereocenters. The molecule has 0 amide bonds. The molecule has 0 aliphatic heterocycles. The van der Waals surface area contributed by atoms with E-state index in [0.29, 0.717) is 69.0 Å². The zero-order chi connectivity index (χ0) is 55.0. The van der Waals surface area contributed by atoms with E-state index < -0.39 is 29.5 Å². The number of terminal acetylenes is 2. The van der Waals surface area contributed by atoms with Gasteiger partial charge in [-0.3, -0.25) is 0 Å². The first kappa shape index (κ1) is 52.4. The highest BCUT2D eigenvalue weighted by Crippen LogP contribution is 2.35. The van der Waals surface area contributed by atoms with E-state index >= 15 is 0 Å². The molecule has 79 heavy (non-hydrogen) atoms. The van der Waals surface area contributed by atoms with E-state index in [4.69, 9.17) is 41.3 Å². The molecule has 12 nitrogen and oxygen atoms in total. The third kappa shape index (κ3) is 12.5. The summed E-state index contributed by atoms with van der Waals surface area (Å²) in [6.45, 7) is 0. The molecule has 10 rings (SSSR count). The lowest BCUT2D eigenvalue weighted by molar-refractivity contribution is 0.459. The van der Waals surface area contributed by atoms with E-state index in [1.807, 2.05) is 0 Å². The Balaban J connectivity index is 0.708. The Bertz CT molecular complexity index is 3960. The van der Waals surface area contributed by atoms with Crippen molar-refractivity contribution in [2.24, 2.45) is 0 Å². The van der Waals surface area contributed by atoms with Crippen LogP contribution in [-0.2, 0) is 29.5 Å².